The number of aromatic nitrogens is 1. The third-order valence-electron chi connectivity index (χ3n) is 4.22. The molecule has 1 aromatic carbocycles. The zero-order valence-electron chi connectivity index (χ0n) is 14.6. The van der Waals surface area contributed by atoms with Crippen LogP contribution in [0.4, 0.5) is 10.6 Å². The molecule has 0 spiro atoms. The molecular formula is C17H17ClN4O5S. The highest BCUT2D eigenvalue weighted by molar-refractivity contribution is 7.90. The molecular weight excluding hydrogens is 408 g/mol. The predicted octanol–water partition coefficient (Wildman–Crippen LogP) is 1.61. The number of rotatable bonds is 4. The van der Waals surface area contributed by atoms with Crippen molar-refractivity contribution < 1.29 is 22.3 Å². The number of anilines is 1. The Morgan fingerprint density at radius 3 is 2.29 bits per heavy atom. The topological polar surface area (TPSA) is 109 Å². The van der Waals surface area contributed by atoms with Gasteiger partial charge in [0.2, 0.25) is 0 Å². The lowest BCUT2D eigenvalue weighted by atomic mass is 10.2. The minimum Gasteiger partial charge on any atom is -0.353 e. The van der Waals surface area contributed by atoms with E-state index in [2.05, 4.69) is 14.0 Å². The maximum Gasteiger partial charge on any atom is 0.357 e. The summed E-state index contributed by atoms with van der Waals surface area (Å²) in [6.45, 7) is 1.57. The summed E-state index contributed by atoms with van der Waals surface area (Å²) in [5.41, 5.74) is 0.225. The van der Waals surface area contributed by atoms with E-state index in [9.17, 15) is 18.0 Å². The predicted molar refractivity (Wildman–Crippen MR) is 101 cm³/mol. The van der Waals surface area contributed by atoms with Crippen molar-refractivity contribution in [1.82, 2.24) is 14.6 Å². The average Bonchev–Trinajstić information content (AvgIpc) is 2.74. The largest absolute Gasteiger partial charge is 0.357 e. The van der Waals surface area contributed by atoms with E-state index in [4.69, 9.17) is 11.9 Å². The van der Waals surface area contributed by atoms with Gasteiger partial charge in [0.15, 0.2) is 0 Å². The van der Waals surface area contributed by atoms with Crippen LogP contribution in [0.3, 0.4) is 0 Å². The Kier molecular flexibility index (Phi) is 6.00. The number of hydrogen-bond acceptors (Lipinski definition) is 7. The summed E-state index contributed by atoms with van der Waals surface area (Å²) >= 11 is 5.03. The van der Waals surface area contributed by atoms with Gasteiger partial charge in [0.05, 0.1) is 10.5 Å². The Morgan fingerprint density at radius 1 is 1.04 bits per heavy atom. The molecule has 0 unspecified atom stereocenters. The van der Waals surface area contributed by atoms with Crippen molar-refractivity contribution in [2.45, 2.75) is 4.90 Å². The lowest BCUT2D eigenvalue weighted by Gasteiger charge is -2.35. The average molecular weight is 425 g/mol. The molecule has 0 aliphatic carbocycles. The standard InChI is InChI=1S/C17H17ClN4O5S/c18-27-16(23)13-6-7-15(19-12-13)21-8-10-22(11-9-21)17(24)20-28(25,26)14-4-2-1-3-5-14/h1-7,12H,8-11H2,(H,20,24). The van der Waals surface area contributed by atoms with Gasteiger partial charge in [0.25, 0.3) is 10.0 Å². The molecule has 1 aliphatic heterocycles. The van der Waals surface area contributed by atoms with Crippen molar-refractivity contribution in [3.05, 3.63) is 54.2 Å². The van der Waals surface area contributed by atoms with Gasteiger partial charge in [0, 0.05) is 32.4 Å². The molecule has 1 aliphatic rings. The van der Waals surface area contributed by atoms with Crippen LogP contribution in [0.25, 0.3) is 0 Å². The highest BCUT2D eigenvalue weighted by Gasteiger charge is 2.26. The molecule has 0 atom stereocenters. The number of hydrogen-bond donors (Lipinski definition) is 1. The number of halogens is 1. The van der Waals surface area contributed by atoms with Crippen LogP contribution in [0.1, 0.15) is 10.4 Å². The number of piperazine rings is 1. The second-order valence-electron chi connectivity index (χ2n) is 5.97. The van der Waals surface area contributed by atoms with Crippen LogP contribution in [0.2, 0.25) is 0 Å². The smallest absolute Gasteiger partial charge is 0.353 e. The van der Waals surface area contributed by atoms with E-state index in [-0.39, 0.29) is 10.5 Å². The summed E-state index contributed by atoms with van der Waals surface area (Å²) < 4.78 is 30.7. The van der Waals surface area contributed by atoms with Gasteiger partial charge in [-0.15, -0.1) is 0 Å². The molecule has 9 nitrogen and oxygen atoms in total. The van der Waals surface area contributed by atoms with Gasteiger partial charge in [-0.1, -0.05) is 18.2 Å². The van der Waals surface area contributed by atoms with Crippen LogP contribution in [0.15, 0.2) is 53.6 Å². The Bertz CT molecular complexity index is 945. The minimum absolute atomic E-state index is 0.0294. The first-order valence-electron chi connectivity index (χ1n) is 8.31. The van der Waals surface area contributed by atoms with E-state index in [0.717, 1.165) is 0 Å². The van der Waals surface area contributed by atoms with Crippen LogP contribution >= 0.6 is 11.9 Å². The van der Waals surface area contributed by atoms with Gasteiger partial charge in [-0.3, -0.25) is 0 Å². The number of urea groups is 1. The second-order valence-corrected chi connectivity index (χ2v) is 7.80. The molecule has 148 valence electrons. The van der Waals surface area contributed by atoms with Crippen molar-refractivity contribution in [2.75, 3.05) is 31.1 Å². The van der Waals surface area contributed by atoms with Crippen molar-refractivity contribution >= 4 is 39.7 Å². The third-order valence-corrected chi connectivity index (χ3v) is 5.70. The third kappa shape index (κ3) is 4.52. The van der Waals surface area contributed by atoms with Gasteiger partial charge < -0.3 is 14.1 Å². The fourth-order valence-corrected chi connectivity index (χ4v) is 3.80. The molecule has 0 saturated carbocycles. The molecule has 0 radical (unpaired) electrons. The molecule has 28 heavy (non-hydrogen) atoms. The number of nitrogens with zero attached hydrogens (tertiary/aromatic N) is 3. The molecule has 2 heterocycles. The van der Waals surface area contributed by atoms with Crippen molar-refractivity contribution in [1.29, 1.82) is 0 Å². The van der Waals surface area contributed by atoms with Gasteiger partial charge in [0.1, 0.15) is 17.7 Å². The number of nitrogens with one attached hydrogen (secondary N) is 1. The maximum absolute atomic E-state index is 12.3. The first-order chi connectivity index (χ1) is 13.4. The molecule has 1 fully saturated rings. The quantitative estimate of drug-likeness (QED) is 0.794. The number of amides is 2. The normalized spacial score (nSPS) is 14.5. The maximum atomic E-state index is 12.3. The van der Waals surface area contributed by atoms with Gasteiger partial charge in [-0.2, -0.15) is 0 Å². The summed E-state index contributed by atoms with van der Waals surface area (Å²) in [4.78, 5) is 31.2. The first kappa shape index (κ1) is 19.9. The Morgan fingerprint density at radius 2 is 1.71 bits per heavy atom. The lowest BCUT2D eigenvalue weighted by molar-refractivity contribution is 0.0751. The number of pyridine rings is 1. The van der Waals surface area contributed by atoms with Crippen LogP contribution in [-0.2, 0) is 14.3 Å². The number of benzene rings is 1. The van der Waals surface area contributed by atoms with Gasteiger partial charge >= 0.3 is 12.0 Å². The number of carbonyl (C=O) groups excluding carboxylic acids is 2. The molecule has 3 rings (SSSR count). The summed E-state index contributed by atoms with van der Waals surface area (Å²) in [6, 6.07) is 10.2. The number of carbonyl (C=O) groups is 2. The molecule has 1 N–H and O–H groups in total. The SMILES string of the molecule is O=C(OCl)c1ccc(N2CCN(C(=O)NS(=O)(=O)c3ccccc3)CC2)nc1. The van der Waals surface area contributed by atoms with Gasteiger partial charge in [-0.25, -0.2) is 27.7 Å². The van der Waals surface area contributed by atoms with E-state index in [1.54, 1.807) is 30.3 Å². The molecule has 1 aromatic heterocycles. The van der Waals surface area contributed by atoms with Crippen molar-refractivity contribution in [2.24, 2.45) is 0 Å². The molecule has 0 bridgehead atoms. The van der Waals surface area contributed by atoms with Crippen molar-refractivity contribution in [3.63, 3.8) is 0 Å². The highest BCUT2D eigenvalue weighted by Crippen LogP contribution is 2.15. The fraction of sp³-hybridized carbons (Fsp3) is 0.235. The lowest BCUT2D eigenvalue weighted by Crippen LogP contribution is -2.52. The van der Waals surface area contributed by atoms with E-state index >= 15 is 0 Å². The highest BCUT2D eigenvalue weighted by atomic mass is 35.5. The molecule has 2 aromatic rings. The van der Waals surface area contributed by atoms with E-state index in [1.165, 1.54) is 23.2 Å². The first-order valence-corrected chi connectivity index (χ1v) is 10.1. The molecule has 11 heteroatoms. The summed E-state index contributed by atoms with van der Waals surface area (Å²) in [7, 11) is -3.91. The van der Waals surface area contributed by atoms with Crippen LogP contribution < -0.4 is 9.62 Å². The van der Waals surface area contributed by atoms with Crippen LogP contribution in [-0.4, -0.2) is 56.5 Å². The Labute approximate surface area is 167 Å². The molecule has 1 saturated heterocycles. The minimum atomic E-state index is -3.91. The summed E-state index contributed by atoms with van der Waals surface area (Å²) in [5.74, 6) is -0.0649. The second kappa shape index (κ2) is 8.44. The van der Waals surface area contributed by atoms with E-state index < -0.39 is 22.0 Å². The monoisotopic (exact) mass is 424 g/mol. The van der Waals surface area contributed by atoms with E-state index in [0.29, 0.717) is 32.0 Å². The van der Waals surface area contributed by atoms with Crippen LogP contribution in [0, 0.1) is 0 Å². The van der Waals surface area contributed by atoms with Crippen molar-refractivity contribution in [3.8, 4) is 0 Å². The zero-order valence-corrected chi connectivity index (χ0v) is 16.2. The van der Waals surface area contributed by atoms with Crippen LogP contribution in [0.5, 0.6) is 0 Å². The summed E-state index contributed by atoms with van der Waals surface area (Å²) in [5, 5.41) is 0. The molecule has 2 amide bonds. The van der Waals surface area contributed by atoms with E-state index in [1.807, 2.05) is 4.90 Å². The van der Waals surface area contributed by atoms with Gasteiger partial charge in [-0.05, 0) is 24.3 Å². The zero-order chi connectivity index (χ0) is 20.1. The Hall–Kier alpha value is -2.85. The summed E-state index contributed by atoms with van der Waals surface area (Å²) in [6.07, 6.45) is 1.35. The Balaban J connectivity index is 1.57. The number of sulfonamides is 1. The fourth-order valence-electron chi connectivity index (χ4n) is 2.72.